The SMILES string of the molecule is II.NC(=[NH2+])S[I-]I.NC(=[NH2+])S[I-]I. The van der Waals surface area contributed by atoms with Crippen LogP contribution >= 0.6 is 92.3 Å². The van der Waals surface area contributed by atoms with Gasteiger partial charge in [-0.3, -0.25) is 0 Å². The van der Waals surface area contributed by atoms with Crippen LogP contribution in [0.3, 0.4) is 0 Å². The Morgan fingerprint density at radius 2 is 1.14 bits per heavy atom. The van der Waals surface area contributed by atoms with Crippen LogP contribution in [0.25, 0.3) is 0 Å². The molecular formula is C2H8I6N4S2. The van der Waals surface area contributed by atoms with Crippen LogP contribution in [0.2, 0.25) is 0 Å². The Labute approximate surface area is 152 Å². The van der Waals surface area contributed by atoms with Gasteiger partial charge in [-0.2, -0.15) is 0 Å². The number of amidine groups is 2. The molecule has 0 unspecified atom stereocenters. The molecule has 0 bridgehead atoms. The van der Waals surface area contributed by atoms with E-state index < -0.39 is 0 Å². The third-order valence-corrected chi connectivity index (χ3v) is 11.5. The first-order valence-corrected chi connectivity index (χ1v) is 27.9. The van der Waals surface area contributed by atoms with Crippen molar-refractivity contribution in [3.63, 3.8) is 0 Å². The van der Waals surface area contributed by atoms with E-state index in [1.807, 2.05) is 0 Å². The summed E-state index contributed by atoms with van der Waals surface area (Å²) in [6, 6.07) is 0. The molecule has 4 nitrogen and oxygen atoms in total. The minimum atomic E-state index is 0.167. The fraction of sp³-hybridized carbons (Fsp3) is 0. The Morgan fingerprint density at radius 3 is 1.14 bits per heavy atom. The maximum atomic E-state index is 5.08. The fourth-order valence-electron chi connectivity index (χ4n) is 0.0673. The molecule has 8 N–H and O–H groups in total. The molecule has 0 rings (SSSR count). The van der Waals surface area contributed by atoms with Crippen LogP contribution in [0.5, 0.6) is 0 Å². The van der Waals surface area contributed by atoms with E-state index in [1.165, 1.54) is 0 Å². The Morgan fingerprint density at radius 1 is 0.929 bits per heavy atom. The van der Waals surface area contributed by atoms with Gasteiger partial charge in [0.2, 0.25) is 0 Å². The zero-order valence-electron chi connectivity index (χ0n) is 6.39. The predicted molar refractivity (Wildman–Crippen MR) is 93.5 cm³/mol. The number of hydrogen-bond donors (Lipinski definition) is 4. The summed E-state index contributed by atoms with van der Waals surface area (Å²) in [5.74, 6) is 0. The summed E-state index contributed by atoms with van der Waals surface area (Å²) >= 11 is 9.16. The molecule has 0 saturated carbocycles. The van der Waals surface area contributed by atoms with Crippen molar-refractivity contribution in [1.82, 2.24) is 0 Å². The summed E-state index contributed by atoms with van der Waals surface area (Å²) in [6.07, 6.45) is 0. The van der Waals surface area contributed by atoms with E-state index >= 15 is 0 Å². The Balaban J connectivity index is -0.000000147. The molecule has 14 heavy (non-hydrogen) atoms. The molecule has 0 atom stereocenters. The van der Waals surface area contributed by atoms with Gasteiger partial charge in [0, 0.05) is 37.2 Å². The molecule has 0 aromatic carbocycles. The molecule has 0 heterocycles. The van der Waals surface area contributed by atoms with Crippen molar-refractivity contribution < 1.29 is 42.5 Å². The van der Waals surface area contributed by atoms with E-state index in [4.69, 9.17) is 22.3 Å². The van der Waals surface area contributed by atoms with E-state index in [9.17, 15) is 0 Å². The first-order valence-electron chi connectivity index (χ1n) is 2.30. The molecule has 0 fully saturated rings. The van der Waals surface area contributed by atoms with Gasteiger partial charge in [-0.15, -0.1) is 0 Å². The number of hydrogen-bond acceptors (Lipinski definition) is 2. The normalized spacial score (nSPS) is 8.00. The van der Waals surface area contributed by atoms with Gasteiger partial charge >= 0.3 is 119 Å². The van der Waals surface area contributed by atoms with Gasteiger partial charge in [0.05, 0.1) is 0 Å². The predicted octanol–water partition coefficient (Wildman–Crippen LogP) is -5.93. The van der Waals surface area contributed by atoms with Crippen LogP contribution in [-0.4, -0.2) is 10.3 Å². The van der Waals surface area contributed by atoms with Gasteiger partial charge in [0.15, 0.2) is 0 Å². The van der Waals surface area contributed by atoms with Gasteiger partial charge in [-0.25, -0.2) is 0 Å². The standard InChI is InChI=1S/2CH3I2N2S.I2/c2*2-3-6-1(4)5;1-2/h2*(H3,4,5);/q2*-1;/p+2. The molecule has 0 aromatic heterocycles. The number of rotatable bonds is 2. The molecule has 0 radical (unpaired) electrons. The first-order chi connectivity index (χ1) is 6.54. The van der Waals surface area contributed by atoms with E-state index in [0.717, 1.165) is 0 Å². The van der Waals surface area contributed by atoms with Crippen LogP contribution in [0, 0.1) is 0 Å². The van der Waals surface area contributed by atoms with E-state index in [-0.39, 0.29) is 31.7 Å². The van der Waals surface area contributed by atoms with E-state index in [2.05, 4.69) is 74.5 Å². The summed E-state index contributed by atoms with van der Waals surface area (Å²) in [5.41, 5.74) is 10.2. The van der Waals surface area contributed by atoms with Crippen LogP contribution in [0.1, 0.15) is 0 Å². The molecule has 0 saturated heterocycles. The zero-order chi connectivity index (χ0) is 12.0. The van der Waals surface area contributed by atoms with Crippen molar-refractivity contribution in [2.24, 2.45) is 11.5 Å². The first kappa shape index (κ1) is 23.1. The van der Waals surface area contributed by atoms with Gasteiger partial charge in [-0.1, -0.05) is 0 Å². The molecule has 0 amide bonds. The van der Waals surface area contributed by atoms with Gasteiger partial charge < -0.3 is 0 Å². The third kappa shape index (κ3) is 36.0. The van der Waals surface area contributed by atoms with Crippen molar-refractivity contribution in [1.29, 1.82) is 0 Å². The molecule has 0 aromatic rings. The van der Waals surface area contributed by atoms with Crippen molar-refractivity contribution >= 4 is 103 Å². The summed E-state index contributed by atoms with van der Waals surface area (Å²) in [6.45, 7) is 0. The molecule has 90 valence electrons. The van der Waals surface area contributed by atoms with Crippen LogP contribution in [-0.2, 0) is 0 Å². The van der Waals surface area contributed by atoms with Crippen LogP contribution < -0.4 is 54.0 Å². The molecule has 0 aliphatic carbocycles. The topological polar surface area (TPSA) is 103 Å². The molecule has 0 spiro atoms. The monoisotopic (exact) mass is 913 g/mol. The van der Waals surface area contributed by atoms with Crippen molar-refractivity contribution in [2.75, 3.05) is 0 Å². The fourth-order valence-corrected chi connectivity index (χ4v) is 9.09. The van der Waals surface area contributed by atoms with Gasteiger partial charge in [0.25, 0.3) is 0 Å². The van der Waals surface area contributed by atoms with Crippen LogP contribution in [0.15, 0.2) is 0 Å². The molecular weight excluding hydrogens is 906 g/mol. The summed E-state index contributed by atoms with van der Waals surface area (Å²) < 4.78 is 0. The van der Waals surface area contributed by atoms with Crippen molar-refractivity contribution in [2.45, 2.75) is 0 Å². The average molecular weight is 914 g/mol. The van der Waals surface area contributed by atoms with Gasteiger partial charge in [-0.05, 0) is 0 Å². The third-order valence-electron chi connectivity index (χ3n) is 0.236. The number of halogens is 6. The molecule has 0 aliphatic heterocycles. The van der Waals surface area contributed by atoms with Gasteiger partial charge in [0.1, 0.15) is 0 Å². The summed E-state index contributed by atoms with van der Waals surface area (Å²) in [7, 11) is 3.11. The number of nitrogens with two attached hydrogens (primary N) is 4. The second-order valence-electron chi connectivity index (χ2n) is 1.08. The Kier molecular flexibility index (Phi) is 36.7. The van der Waals surface area contributed by atoms with E-state index in [1.54, 1.807) is 17.9 Å². The second kappa shape index (κ2) is 22.2. The maximum absolute atomic E-state index is 5.08. The van der Waals surface area contributed by atoms with Crippen molar-refractivity contribution in [3.8, 4) is 0 Å². The zero-order valence-corrected chi connectivity index (χ0v) is 21.0. The van der Waals surface area contributed by atoms with E-state index in [0.29, 0.717) is 10.3 Å². The second-order valence-corrected chi connectivity index (χ2v) is 20.6. The Bertz CT molecular complexity index is 130. The molecule has 0 aliphatic rings. The summed E-state index contributed by atoms with van der Waals surface area (Å²) in [4.78, 5) is 0. The minimum absolute atomic E-state index is 0.167. The molecule has 12 heteroatoms. The average Bonchev–Trinajstić information content (AvgIpc) is 2.08. The quantitative estimate of drug-likeness (QED) is 0.126. The Hall–Kier alpha value is 4.02. The summed E-state index contributed by atoms with van der Waals surface area (Å²) in [5, 5.41) is 11.2. The van der Waals surface area contributed by atoms with Crippen molar-refractivity contribution in [3.05, 3.63) is 0 Å². The van der Waals surface area contributed by atoms with Crippen LogP contribution in [0.4, 0.5) is 0 Å².